The molecule has 1 atom stereocenters. The lowest BCUT2D eigenvalue weighted by Crippen LogP contribution is -2.22. The molecule has 2 heteroatoms. The standard InChI is InChI=1S/C17H19NO/c1-2-19-17-8-7-13-10-14(5-6-15(13)11-17)16-4-3-9-18-12-16/h3-6,9-10,12,17H,2,7-8,11H2,1H3. The van der Waals surface area contributed by atoms with Gasteiger partial charge in [-0.05, 0) is 54.5 Å². The molecule has 0 saturated carbocycles. The van der Waals surface area contributed by atoms with Crippen LogP contribution in [0.4, 0.5) is 0 Å². The monoisotopic (exact) mass is 253 g/mol. The maximum atomic E-state index is 5.74. The minimum atomic E-state index is 0.404. The highest BCUT2D eigenvalue weighted by Crippen LogP contribution is 2.28. The van der Waals surface area contributed by atoms with Gasteiger partial charge in [-0.3, -0.25) is 4.98 Å². The van der Waals surface area contributed by atoms with Crippen molar-refractivity contribution in [2.24, 2.45) is 0 Å². The third-order valence-electron chi connectivity index (χ3n) is 3.79. The molecule has 2 aromatic rings. The third-order valence-corrected chi connectivity index (χ3v) is 3.79. The molecule has 1 aromatic heterocycles. The lowest BCUT2D eigenvalue weighted by molar-refractivity contribution is 0.0535. The predicted octanol–water partition coefficient (Wildman–Crippen LogP) is 3.64. The Kier molecular flexibility index (Phi) is 3.60. The lowest BCUT2D eigenvalue weighted by Gasteiger charge is -2.25. The first kappa shape index (κ1) is 12.4. The molecule has 0 radical (unpaired) electrons. The van der Waals surface area contributed by atoms with Crippen LogP contribution in [0.2, 0.25) is 0 Å². The van der Waals surface area contributed by atoms with E-state index in [-0.39, 0.29) is 0 Å². The number of ether oxygens (including phenoxy) is 1. The Morgan fingerprint density at radius 3 is 2.95 bits per heavy atom. The summed E-state index contributed by atoms with van der Waals surface area (Å²) in [5, 5.41) is 0. The number of fused-ring (bicyclic) bond motifs is 1. The summed E-state index contributed by atoms with van der Waals surface area (Å²) in [7, 11) is 0. The molecular weight excluding hydrogens is 234 g/mol. The molecule has 1 aliphatic carbocycles. The molecular formula is C17H19NO. The van der Waals surface area contributed by atoms with Crippen LogP contribution in [-0.2, 0) is 17.6 Å². The molecule has 2 nitrogen and oxygen atoms in total. The minimum absolute atomic E-state index is 0.404. The summed E-state index contributed by atoms with van der Waals surface area (Å²) in [5.74, 6) is 0. The molecule has 1 aliphatic rings. The molecule has 0 fully saturated rings. The second-order valence-corrected chi connectivity index (χ2v) is 5.05. The maximum absolute atomic E-state index is 5.74. The Balaban J connectivity index is 1.86. The Morgan fingerprint density at radius 1 is 1.21 bits per heavy atom. The molecule has 19 heavy (non-hydrogen) atoms. The fourth-order valence-electron chi connectivity index (χ4n) is 2.81. The Bertz CT molecular complexity index is 550. The average molecular weight is 253 g/mol. The SMILES string of the molecule is CCOC1CCc2cc(-c3cccnc3)ccc2C1. The minimum Gasteiger partial charge on any atom is -0.378 e. The molecule has 0 aliphatic heterocycles. The van der Waals surface area contributed by atoms with Gasteiger partial charge in [0.2, 0.25) is 0 Å². The van der Waals surface area contributed by atoms with Gasteiger partial charge < -0.3 is 4.74 Å². The summed E-state index contributed by atoms with van der Waals surface area (Å²) in [6, 6.07) is 10.9. The van der Waals surface area contributed by atoms with Crippen LogP contribution in [0.25, 0.3) is 11.1 Å². The first-order valence-electron chi connectivity index (χ1n) is 7.00. The van der Waals surface area contributed by atoms with Crippen LogP contribution in [0.5, 0.6) is 0 Å². The smallest absolute Gasteiger partial charge is 0.0618 e. The van der Waals surface area contributed by atoms with E-state index in [2.05, 4.69) is 36.2 Å². The normalized spacial score (nSPS) is 18.1. The number of pyridine rings is 1. The Labute approximate surface area is 114 Å². The van der Waals surface area contributed by atoms with E-state index in [9.17, 15) is 0 Å². The van der Waals surface area contributed by atoms with Gasteiger partial charge in [-0.2, -0.15) is 0 Å². The zero-order valence-corrected chi connectivity index (χ0v) is 11.3. The van der Waals surface area contributed by atoms with Crippen molar-refractivity contribution in [2.45, 2.75) is 32.3 Å². The van der Waals surface area contributed by atoms with Crippen LogP contribution >= 0.6 is 0 Å². The molecule has 0 N–H and O–H groups in total. The molecule has 0 spiro atoms. The highest BCUT2D eigenvalue weighted by atomic mass is 16.5. The van der Waals surface area contributed by atoms with Crippen molar-refractivity contribution in [1.29, 1.82) is 0 Å². The molecule has 1 unspecified atom stereocenters. The molecule has 1 aromatic carbocycles. The third kappa shape index (κ3) is 2.69. The van der Waals surface area contributed by atoms with Crippen molar-refractivity contribution >= 4 is 0 Å². The molecule has 0 amide bonds. The fourth-order valence-corrected chi connectivity index (χ4v) is 2.81. The van der Waals surface area contributed by atoms with Gasteiger partial charge in [0.1, 0.15) is 0 Å². The van der Waals surface area contributed by atoms with Crippen molar-refractivity contribution in [3.05, 3.63) is 53.9 Å². The summed E-state index contributed by atoms with van der Waals surface area (Å²) in [6.07, 6.45) is 7.45. The fraction of sp³-hybridized carbons (Fsp3) is 0.353. The van der Waals surface area contributed by atoms with Gasteiger partial charge >= 0.3 is 0 Å². The van der Waals surface area contributed by atoms with Gasteiger partial charge in [0, 0.05) is 19.0 Å². The average Bonchev–Trinajstić information content (AvgIpc) is 2.48. The zero-order chi connectivity index (χ0) is 13.1. The van der Waals surface area contributed by atoms with E-state index < -0.39 is 0 Å². The van der Waals surface area contributed by atoms with E-state index in [4.69, 9.17) is 4.74 Å². The molecule has 0 saturated heterocycles. The van der Waals surface area contributed by atoms with Gasteiger partial charge in [0.25, 0.3) is 0 Å². The second-order valence-electron chi connectivity index (χ2n) is 5.05. The van der Waals surface area contributed by atoms with Crippen LogP contribution in [0.3, 0.4) is 0 Å². The van der Waals surface area contributed by atoms with Crippen LogP contribution < -0.4 is 0 Å². The molecule has 3 rings (SSSR count). The van der Waals surface area contributed by atoms with Crippen LogP contribution in [0, 0.1) is 0 Å². The quantitative estimate of drug-likeness (QED) is 0.833. The highest BCUT2D eigenvalue weighted by Gasteiger charge is 2.18. The van der Waals surface area contributed by atoms with E-state index in [0.29, 0.717) is 6.10 Å². The predicted molar refractivity (Wildman–Crippen MR) is 77.1 cm³/mol. The number of hydrogen-bond acceptors (Lipinski definition) is 2. The molecule has 1 heterocycles. The van der Waals surface area contributed by atoms with Crippen LogP contribution in [0.15, 0.2) is 42.7 Å². The van der Waals surface area contributed by atoms with Crippen LogP contribution in [0.1, 0.15) is 24.5 Å². The number of nitrogens with zero attached hydrogens (tertiary/aromatic N) is 1. The Hall–Kier alpha value is -1.67. The summed E-state index contributed by atoms with van der Waals surface area (Å²) in [5.41, 5.74) is 5.37. The molecule has 98 valence electrons. The summed E-state index contributed by atoms with van der Waals surface area (Å²) in [6.45, 7) is 2.88. The number of benzene rings is 1. The van der Waals surface area contributed by atoms with Crippen molar-refractivity contribution in [1.82, 2.24) is 4.98 Å². The summed E-state index contributed by atoms with van der Waals surface area (Å²) >= 11 is 0. The van der Waals surface area contributed by atoms with Gasteiger partial charge in [-0.25, -0.2) is 0 Å². The van der Waals surface area contributed by atoms with Gasteiger partial charge in [-0.1, -0.05) is 24.3 Å². The van der Waals surface area contributed by atoms with Gasteiger partial charge in [-0.15, -0.1) is 0 Å². The number of aryl methyl sites for hydroxylation is 1. The van der Waals surface area contributed by atoms with E-state index >= 15 is 0 Å². The number of aromatic nitrogens is 1. The van der Waals surface area contributed by atoms with Crippen molar-refractivity contribution in [3.8, 4) is 11.1 Å². The van der Waals surface area contributed by atoms with E-state index in [1.54, 1.807) is 0 Å². The topological polar surface area (TPSA) is 22.1 Å². The zero-order valence-electron chi connectivity index (χ0n) is 11.3. The summed E-state index contributed by atoms with van der Waals surface area (Å²) < 4.78 is 5.74. The highest BCUT2D eigenvalue weighted by molar-refractivity contribution is 5.64. The Morgan fingerprint density at radius 2 is 2.16 bits per heavy atom. The second kappa shape index (κ2) is 5.54. The van der Waals surface area contributed by atoms with Gasteiger partial charge in [0.05, 0.1) is 6.10 Å². The van der Waals surface area contributed by atoms with Crippen molar-refractivity contribution < 1.29 is 4.74 Å². The maximum Gasteiger partial charge on any atom is 0.0618 e. The number of rotatable bonds is 3. The van der Waals surface area contributed by atoms with Crippen LogP contribution in [-0.4, -0.2) is 17.7 Å². The van der Waals surface area contributed by atoms with E-state index in [1.807, 2.05) is 18.5 Å². The van der Waals surface area contributed by atoms with E-state index in [0.717, 1.165) is 25.9 Å². The van der Waals surface area contributed by atoms with Crippen molar-refractivity contribution in [3.63, 3.8) is 0 Å². The first-order chi connectivity index (χ1) is 9.36. The number of hydrogen-bond donors (Lipinski definition) is 0. The summed E-state index contributed by atoms with van der Waals surface area (Å²) in [4.78, 5) is 4.19. The van der Waals surface area contributed by atoms with E-state index in [1.165, 1.54) is 22.3 Å². The van der Waals surface area contributed by atoms with Gasteiger partial charge in [0.15, 0.2) is 0 Å². The first-order valence-corrected chi connectivity index (χ1v) is 7.00. The lowest BCUT2D eigenvalue weighted by atomic mass is 9.87. The van der Waals surface area contributed by atoms with Crippen molar-refractivity contribution in [2.75, 3.05) is 6.61 Å². The molecule has 0 bridgehead atoms. The largest absolute Gasteiger partial charge is 0.378 e.